The average molecular weight is 234 g/mol. The highest BCUT2D eigenvalue weighted by atomic mass is 15.4. The van der Waals surface area contributed by atoms with Gasteiger partial charge < -0.3 is 11.6 Å². The molecule has 0 radical (unpaired) electrons. The van der Waals surface area contributed by atoms with Crippen LogP contribution >= 0.6 is 0 Å². The lowest BCUT2D eigenvalue weighted by Crippen LogP contribution is -2.15. The molecule has 0 aliphatic carbocycles. The van der Waals surface area contributed by atoms with Crippen molar-refractivity contribution >= 4 is 5.82 Å². The van der Waals surface area contributed by atoms with Crippen LogP contribution in [0, 0.1) is 6.92 Å². The molecule has 0 spiro atoms. The second-order valence-electron chi connectivity index (χ2n) is 4.18. The molecule has 0 aromatic carbocycles. The Bertz CT molecular complexity index is 536. The van der Waals surface area contributed by atoms with Crippen LogP contribution in [0.3, 0.4) is 0 Å². The molecule has 0 amide bonds. The number of nitrogen functional groups attached to an aromatic ring is 2. The smallest absolute Gasteiger partial charge is 0.150 e. The Morgan fingerprint density at radius 2 is 2.12 bits per heavy atom. The van der Waals surface area contributed by atoms with E-state index in [2.05, 4.69) is 17.0 Å². The highest BCUT2D eigenvalue weighted by Gasteiger charge is 2.17. The molecule has 2 heterocycles. The lowest BCUT2D eigenvalue weighted by atomic mass is 10.2. The zero-order valence-corrected chi connectivity index (χ0v) is 10.4. The summed E-state index contributed by atoms with van der Waals surface area (Å²) in [5, 5.41) is 4.28. The van der Waals surface area contributed by atoms with Crippen molar-refractivity contribution in [1.29, 1.82) is 0 Å². The fraction of sp³-hybridized carbons (Fsp3) is 0.455. The molecule has 0 atom stereocenters. The number of hydrogen-bond acceptors (Lipinski definition) is 4. The van der Waals surface area contributed by atoms with Crippen molar-refractivity contribution < 1.29 is 0 Å². The zero-order chi connectivity index (χ0) is 12.6. The number of imidazole rings is 1. The van der Waals surface area contributed by atoms with E-state index < -0.39 is 0 Å². The molecule has 6 nitrogen and oxygen atoms in total. The molecule has 17 heavy (non-hydrogen) atoms. The second-order valence-corrected chi connectivity index (χ2v) is 4.18. The highest BCUT2D eigenvalue weighted by molar-refractivity contribution is 5.72. The highest BCUT2D eigenvalue weighted by Crippen LogP contribution is 2.27. The van der Waals surface area contributed by atoms with Crippen LogP contribution in [-0.4, -0.2) is 19.4 Å². The molecule has 4 N–H and O–H groups in total. The maximum absolute atomic E-state index is 5.98. The van der Waals surface area contributed by atoms with Gasteiger partial charge in [0.2, 0.25) is 0 Å². The lowest BCUT2D eigenvalue weighted by molar-refractivity contribution is 0.756. The molecular formula is C11H18N6. The monoisotopic (exact) mass is 234 g/mol. The molecule has 2 aromatic rings. The van der Waals surface area contributed by atoms with Crippen molar-refractivity contribution in [2.24, 2.45) is 7.05 Å². The van der Waals surface area contributed by atoms with Crippen molar-refractivity contribution in [3.05, 3.63) is 17.7 Å². The van der Waals surface area contributed by atoms with E-state index in [0.29, 0.717) is 5.82 Å². The second kappa shape index (κ2) is 4.12. The zero-order valence-electron chi connectivity index (χ0n) is 10.4. The van der Waals surface area contributed by atoms with E-state index in [-0.39, 0.29) is 0 Å². The minimum absolute atomic E-state index is 0.490. The molecule has 0 aliphatic heterocycles. The lowest BCUT2D eigenvalue weighted by Gasteiger charge is -2.00. The Morgan fingerprint density at radius 3 is 2.65 bits per heavy atom. The van der Waals surface area contributed by atoms with Gasteiger partial charge >= 0.3 is 0 Å². The largest absolute Gasteiger partial charge is 0.382 e. The SMILES string of the molecule is CCCc1nc(-c2cn(C)nc2C)c(N)n1N. The number of nitrogens with two attached hydrogens (primary N) is 2. The van der Waals surface area contributed by atoms with Gasteiger partial charge in [0.25, 0.3) is 0 Å². The van der Waals surface area contributed by atoms with Gasteiger partial charge in [-0.25, -0.2) is 9.66 Å². The predicted molar refractivity (Wildman–Crippen MR) is 67.7 cm³/mol. The van der Waals surface area contributed by atoms with Gasteiger partial charge in [0.15, 0.2) is 5.82 Å². The third-order valence-electron chi connectivity index (χ3n) is 2.76. The summed E-state index contributed by atoms with van der Waals surface area (Å²) < 4.78 is 3.21. The Balaban J connectivity index is 2.52. The van der Waals surface area contributed by atoms with Crippen molar-refractivity contribution in [1.82, 2.24) is 19.4 Å². The molecule has 2 aromatic heterocycles. The summed E-state index contributed by atoms with van der Waals surface area (Å²) in [5.74, 6) is 7.18. The number of anilines is 1. The number of nitrogens with zero attached hydrogens (tertiary/aromatic N) is 4. The number of aryl methyl sites for hydroxylation is 3. The van der Waals surface area contributed by atoms with Gasteiger partial charge in [-0.05, 0) is 13.3 Å². The van der Waals surface area contributed by atoms with E-state index in [4.69, 9.17) is 11.6 Å². The molecule has 92 valence electrons. The fourth-order valence-corrected chi connectivity index (χ4v) is 1.92. The normalized spacial score (nSPS) is 11.0. The Morgan fingerprint density at radius 1 is 1.41 bits per heavy atom. The molecule has 6 heteroatoms. The first-order chi connectivity index (χ1) is 8.04. The third kappa shape index (κ3) is 1.86. The van der Waals surface area contributed by atoms with Crippen LogP contribution in [0.15, 0.2) is 6.20 Å². The molecule has 0 saturated heterocycles. The number of aromatic nitrogens is 4. The van der Waals surface area contributed by atoms with Crippen LogP contribution in [0.25, 0.3) is 11.3 Å². The minimum atomic E-state index is 0.490. The maximum atomic E-state index is 5.98. The maximum Gasteiger partial charge on any atom is 0.150 e. The van der Waals surface area contributed by atoms with Crippen LogP contribution in [0.1, 0.15) is 24.9 Å². The molecule has 0 saturated carbocycles. The summed E-state index contributed by atoms with van der Waals surface area (Å²) in [6.45, 7) is 4.02. The summed E-state index contributed by atoms with van der Waals surface area (Å²) in [5.41, 5.74) is 8.55. The van der Waals surface area contributed by atoms with Gasteiger partial charge in [0.1, 0.15) is 11.5 Å². The molecule has 0 fully saturated rings. The first-order valence-electron chi connectivity index (χ1n) is 5.67. The van der Waals surface area contributed by atoms with E-state index in [1.165, 1.54) is 4.68 Å². The summed E-state index contributed by atoms with van der Waals surface area (Å²) in [4.78, 5) is 4.50. The standard InChI is InChI=1S/C11H18N6/c1-4-5-9-14-10(11(12)17(9)13)8-6-16(3)15-7(8)2/h6H,4-5,12-13H2,1-3H3. The van der Waals surface area contributed by atoms with Crippen LogP contribution < -0.4 is 11.6 Å². The topological polar surface area (TPSA) is 87.7 Å². The number of hydrogen-bond donors (Lipinski definition) is 2. The van der Waals surface area contributed by atoms with Crippen molar-refractivity contribution in [2.75, 3.05) is 11.6 Å². The first kappa shape index (κ1) is 11.5. The van der Waals surface area contributed by atoms with Crippen LogP contribution in [-0.2, 0) is 13.5 Å². The van der Waals surface area contributed by atoms with E-state index in [9.17, 15) is 0 Å². The fourth-order valence-electron chi connectivity index (χ4n) is 1.92. The van der Waals surface area contributed by atoms with Crippen molar-refractivity contribution in [3.8, 4) is 11.3 Å². The summed E-state index contributed by atoms with van der Waals surface area (Å²) in [6, 6.07) is 0. The van der Waals surface area contributed by atoms with Crippen LogP contribution in [0.4, 0.5) is 5.82 Å². The van der Waals surface area contributed by atoms with Crippen molar-refractivity contribution in [3.63, 3.8) is 0 Å². The van der Waals surface area contributed by atoms with Gasteiger partial charge in [-0.2, -0.15) is 5.10 Å². The summed E-state index contributed by atoms with van der Waals surface area (Å²) >= 11 is 0. The van der Waals surface area contributed by atoms with Gasteiger partial charge in [-0.3, -0.25) is 4.68 Å². The van der Waals surface area contributed by atoms with Gasteiger partial charge in [0.05, 0.1) is 5.69 Å². The Kier molecular flexibility index (Phi) is 2.79. The van der Waals surface area contributed by atoms with E-state index in [1.807, 2.05) is 20.2 Å². The van der Waals surface area contributed by atoms with E-state index >= 15 is 0 Å². The van der Waals surface area contributed by atoms with E-state index in [0.717, 1.165) is 35.6 Å². The van der Waals surface area contributed by atoms with Crippen LogP contribution in [0.5, 0.6) is 0 Å². The third-order valence-corrected chi connectivity index (χ3v) is 2.76. The molecule has 0 bridgehead atoms. The molecular weight excluding hydrogens is 216 g/mol. The predicted octanol–water partition coefficient (Wildman–Crippen LogP) is 0.841. The Hall–Kier alpha value is -1.98. The minimum Gasteiger partial charge on any atom is -0.382 e. The van der Waals surface area contributed by atoms with E-state index in [1.54, 1.807) is 4.68 Å². The van der Waals surface area contributed by atoms with Gasteiger partial charge in [0, 0.05) is 25.2 Å². The van der Waals surface area contributed by atoms with Gasteiger partial charge in [-0.15, -0.1) is 0 Å². The molecule has 2 rings (SSSR count). The van der Waals surface area contributed by atoms with Crippen molar-refractivity contribution in [2.45, 2.75) is 26.7 Å². The van der Waals surface area contributed by atoms with Crippen LogP contribution in [0.2, 0.25) is 0 Å². The molecule has 0 aliphatic rings. The quantitative estimate of drug-likeness (QED) is 0.770. The average Bonchev–Trinajstić information content (AvgIpc) is 2.73. The Labute approximate surface area is 100 Å². The van der Waals surface area contributed by atoms with Gasteiger partial charge in [-0.1, -0.05) is 6.92 Å². The summed E-state index contributed by atoms with van der Waals surface area (Å²) in [7, 11) is 1.87. The summed E-state index contributed by atoms with van der Waals surface area (Å²) in [6.07, 6.45) is 3.71. The molecule has 0 unspecified atom stereocenters. The number of rotatable bonds is 3. The first-order valence-corrected chi connectivity index (χ1v) is 5.67.